The Morgan fingerprint density at radius 3 is 1.22 bits per heavy atom. The second-order valence-corrected chi connectivity index (χ2v) is 25.8. The number of aryl methyl sites for hydroxylation is 4. The molecular weight excluding hydrogens is 1440 g/mol. The van der Waals surface area contributed by atoms with Gasteiger partial charge in [-0.25, -0.2) is 46.3 Å². The van der Waals surface area contributed by atoms with Crippen LogP contribution in [0.15, 0.2) is 145 Å². The number of esters is 2. The van der Waals surface area contributed by atoms with Gasteiger partial charge in [0.2, 0.25) is 12.7 Å². The Hall–Kier alpha value is -9.92. The van der Waals surface area contributed by atoms with Crippen LogP contribution in [-0.4, -0.2) is 90.0 Å². The Kier molecular flexibility index (Phi) is 26.6. The van der Waals surface area contributed by atoms with Gasteiger partial charge in [0.1, 0.15) is 77.1 Å². The number of aromatic nitrogens is 8. The third-order valence-electron chi connectivity index (χ3n) is 16.7. The number of nitrogens with zero attached hydrogens (tertiary/aromatic N) is 10. The van der Waals surface area contributed by atoms with Gasteiger partial charge in [-0.15, -0.1) is 32.0 Å². The van der Waals surface area contributed by atoms with Crippen molar-refractivity contribution in [2.45, 2.75) is 123 Å². The first-order valence-corrected chi connectivity index (χ1v) is 32.9. The number of alkyl halides is 3. The van der Waals surface area contributed by atoms with Crippen LogP contribution in [0.3, 0.4) is 0 Å². The van der Waals surface area contributed by atoms with E-state index in [-0.39, 0.29) is 53.1 Å². The first kappa shape index (κ1) is 79.4. The molecular formula is C72H70BrF7N12O8S2. The first-order chi connectivity index (χ1) is 47.8. The summed E-state index contributed by atoms with van der Waals surface area (Å²) in [4.78, 5) is 42.9. The summed E-state index contributed by atoms with van der Waals surface area (Å²) in [5.41, 5.74) is 5.21. The van der Waals surface area contributed by atoms with Crippen molar-refractivity contribution in [1.82, 2.24) is 40.2 Å². The number of carbonyl (C=O) groups excluding carboxylic acids is 3. The van der Waals surface area contributed by atoms with Gasteiger partial charge in [-0.3, -0.25) is 0 Å². The highest BCUT2D eigenvalue weighted by Crippen LogP contribution is 2.44. The molecule has 4 heterocycles. The van der Waals surface area contributed by atoms with Gasteiger partial charge in [0, 0.05) is 67.2 Å². The summed E-state index contributed by atoms with van der Waals surface area (Å²) >= 11 is 2.64. The minimum absolute atomic E-state index is 0. The van der Waals surface area contributed by atoms with E-state index in [9.17, 15) is 41.8 Å². The fourth-order valence-electron chi connectivity index (χ4n) is 10.8. The number of hydrogen-bond donors (Lipinski definition) is 4. The second kappa shape index (κ2) is 34.2. The zero-order valence-electron chi connectivity index (χ0n) is 56.7. The number of likely N-dealkylation sites (N-methyl/N-ethyl adjacent to an activating group) is 2. The van der Waals surface area contributed by atoms with Gasteiger partial charge in [-0.2, -0.15) is 23.7 Å². The number of thiazole rings is 2. The van der Waals surface area contributed by atoms with E-state index in [0.29, 0.717) is 57.1 Å². The lowest BCUT2D eigenvalue weighted by atomic mass is 9.82. The molecule has 10 rings (SSSR count). The summed E-state index contributed by atoms with van der Waals surface area (Å²) in [6.45, 7) is 15.0. The zero-order chi connectivity index (χ0) is 73.8. The Balaban J connectivity index is 0.000000259. The van der Waals surface area contributed by atoms with E-state index < -0.39 is 70.5 Å². The van der Waals surface area contributed by atoms with E-state index in [1.807, 2.05) is 71.9 Å². The molecule has 0 saturated heterocycles. The van der Waals surface area contributed by atoms with E-state index in [1.54, 1.807) is 116 Å². The first-order valence-electron chi connectivity index (χ1n) is 31.1. The zero-order valence-corrected chi connectivity index (χ0v) is 59.9. The number of nitrogens with one attached hydrogen (secondary N) is 2. The van der Waals surface area contributed by atoms with Crippen LogP contribution in [0.2, 0.25) is 0 Å². The van der Waals surface area contributed by atoms with Crippen molar-refractivity contribution >= 4 is 40.6 Å². The maximum atomic E-state index is 15.3. The standard InChI is InChI=1S/2C35H35F2N6O3S.C2HF3O2.BrH/c2*1-21-12-26(13-22(2)32(21)46-34(44)24(4)39-5)16-42-19-40-43(20-42)18-35(45,29-11-10-28(36)14-30(29)37)23(3)33-41-31(17-47-33)27-8-6-25(15-38)7-9-27;3-2(4,5)1(6)7;/h2*6-14,17,19-20,23-24,39,45H,16,18H2,1-5H3;(H,6,7);1H/q2*+1;;/p-2/t2*23-,24-,35+;;/m00../s1. The van der Waals surface area contributed by atoms with Crippen molar-refractivity contribution in [2.75, 3.05) is 14.1 Å². The number of halogens is 8. The highest BCUT2D eigenvalue weighted by atomic mass is 79.9. The molecule has 0 saturated carbocycles. The fourth-order valence-corrected chi connectivity index (χ4v) is 12.8. The average Bonchev–Trinajstić information content (AvgIpc) is 1.51. The van der Waals surface area contributed by atoms with Crippen molar-refractivity contribution in [3.05, 3.63) is 234 Å². The minimum atomic E-state index is -5.19. The van der Waals surface area contributed by atoms with Crippen LogP contribution in [0, 0.1) is 73.6 Å². The lowest BCUT2D eigenvalue weighted by Gasteiger charge is -2.32. The number of hydrogen-bond acceptors (Lipinski definition) is 18. The third kappa shape index (κ3) is 19.4. The van der Waals surface area contributed by atoms with Crippen LogP contribution in [0.4, 0.5) is 30.7 Å². The second-order valence-electron chi connectivity index (χ2n) is 24.1. The molecule has 0 fully saturated rings. The quantitative estimate of drug-likeness (QED) is 0.0232. The summed E-state index contributed by atoms with van der Waals surface area (Å²) in [5, 5.41) is 71.0. The Labute approximate surface area is 601 Å². The summed E-state index contributed by atoms with van der Waals surface area (Å²) in [6, 6.07) is 31.3. The summed E-state index contributed by atoms with van der Waals surface area (Å²) < 4.78 is 108. The molecule has 4 N–H and O–H groups in total. The minimum Gasteiger partial charge on any atom is -1.00 e. The maximum Gasteiger partial charge on any atom is 0.430 e. The lowest BCUT2D eigenvalue weighted by molar-refractivity contribution is -0.689. The molecule has 0 aliphatic rings. The molecule has 20 nitrogen and oxygen atoms in total. The van der Waals surface area contributed by atoms with Crippen molar-refractivity contribution in [1.29, 1.82) is 10.5 Å². The third-order valence-corrected chi connectivity index (χ3v) is 18.7. The van der Waals surface area contributed by atoms with E-state index in [2.05, 4.69) is 33.0 Å². The van der Waals surface area contributed by atoms with Gasteiger partial charge in [-0.05, 0) is 150 Å². The van der Waals surface area contributed by atoms with Crippen molar-refractivity contribution in [3.8, 4) is 46.2 Å². The number of carboxylic acid groups (broad SMARTS) is 1. The molecule has 10 aromatic rings. The topological polar surface area (TPSA) is 274 Å². The van der Waals surface area contributed by atoms with Crippen LogP contribution in [-0.2, 0) is 51.8 Å². The van der Waals surface area contributed by atoms with Crippen LogP contribution in [0.5, 0.6) is 11.5 Å². The molecule has 6 aromatic carbocycles. The van der Waals surface area contributed by atoms with Gasteiger partial charge >= 0.3 is 18.1 Å². The van der Waals surface area contributed by atoms with Crippen molar-refractivity contribution in [2.24, 2.45) is 0 Å². The summed E-state index contributed by atoms with van der Waals surface area (Å²) in [6.07, 6.45) is 1.42. The van der Waals surface area contributed by atoms with Crippen LogP contribution in [0.25, 0.3) is 22.5 Å². The monoisotopic (exact) mass is 1510 g/mol. The Morgan fingerprint density at radius 1 is 0.588 bits per heavy atom. The van der Waals surface area contributed by atoms with E-state index in [1.165, 1.54) is 44.2 Å². The number of rotatable bonds is 22. The van der Waals surface area contributed by atoms with Gasteiger partial charge in [0.05, 0.1) is 57.8 Å². The van der Waals surface area contributed by atoms with Crippen LogP contribution >= 0.6 is 22.7 Å². The van der Waals surface area contributed by atoms with Crippen LogP contribution < -0.4 is 51.3 Å². The van der Waals surface area contributed by atoms with Gasteiger partial charge < -0.3 is 57.2 Å². The Bertz CT molecular complexity index is 4380. The smallest absolute Gasteiger partial charge is 0.430 e. The van der Waals surface area contributed by atoms with Crippen molar-refractivity contribution in [3.63, 3.8) is 0 Å². The molecule has 102 heavy (non-hydrogen) atoms. The molecule has 0 aliphatic heterocycles. The highest BCUT2D eigenvalue weighted by molar-refractivity contribution is 7.10. The molecule has 0 aliphatic carbocycles. The van der Waals surface area contributed by atoms with E-state index >= 15 is 8.78 Å². The average molecular weight is 1510 g/mol. The molecule has 534 valence electrons. The number of carboxylic acids is 1. The molecule has 0 radical (unpaired) electrons. The normalized spacial score (nSPS) is 13.5. The molecule has 0 spiro atoms. The number of aliphatic hydroxyl groups is 2. The SMILES string of the molecule is CN[C@@H](C)C(=O)Oc1c(C)cc(C[n+]2cnn(C[C@](O)(c3ccc(F)cc3F)[C@@H](C)c3nc(-c4ccc(C#N)cc4)cs3)c2)cc1C.CN[C@@H](C)C(=O)Oc1c(C)cc(C[n+]2cnn(C[C@](O)(c3ccc(F)cc3F)[C@@H](C)c3nc(-c4ccc(C#N)cc4)cs3)c2)cc1C.O=C([O-])C(F)(F)F.[Br-]. The lowest BCUT2D eigenvalue weighted by Crippen LogP contribution is -3.00. The van der Waals surface area contributed by atoms with E-state index in [0.717, 1.165) is 68.8 Å². The summed E-state index contributed by atoms with van der Waals surface area (Å²) in [7, 11) is 3.38. The number of ether oxygens (including phenoxy) is 2. The Morgan fingerprint density at radius 2 is 0.922 bits per heavy atom. The predicted molar refractivity (Wildman–Crippen MR) is 356 cm³/mol. The fraction of sp³-hybridized carbons (Fsp3) is 0.292. The predicted octanol–water partition coefficient (Wildman–Crippen LogP) is 6.93. The summed E-state index contributed by atoms with van der Waals surface area (Å²) in [5.74, 6) is -7.40. The largest absolute Gasteiger partial charge is 1.00 e. The maximum absolute atomic E-state index is 15.3. The molecule has 4 aromatic heterocycles. The molecule has 0 unspecified atom stereocenters. The van der Waals surface area contributed by atoms with Gasteiger partial charge in [-0.1, -0.05) is 50.2 Å². The molecule has 30 heteroatoms. The van der Waals surface area contributed by atoms with Crippen LogP contribution in [0.1, 0.15) is 105 Å². The number of nitriles is 2. The van der Waals surface area contributed by atoms with Gasteiger partial charge in [0.25, 0.3) is 12.7 Å². The molecule has 0 bridgehead atoms. The molecule has 6 atom stereocenters. The number of carbonyl (C=O) groups is 3. The molecule has 0 amide bonds. The van der Waals surface area contributed by atoms with Gasteiger partial charge in [0.15, 0.2) is 0 Å². The highest BCUT2D eigenvalue weighted by Gasteiger charge is 2.45. The van der Waals surface area contributed by atoms with E-state index in [4.69, 9.17) is 39.9 Å². The number of aliphatic carboxylic acids is 1. The van der Waals surface area contributed by atoms with Crippen molar-refractivity contribution < 1.29 is 96.0 Å². The number of benzene rings is 6.